The Bertz CT molecular complexity index is 997. The monoisotopic (exact) mass is 430 g/mol. The van der Waals surface area contributed by atoms with Crippen molar-refractivity contribution in [3.63, 3.8) is 0 Å². The number of hydrogen-bond acceptors (Lipinski definition) is 7. The minimum atomic E-state index is -4.59. The molecule has 29 heavy (non-hydrogen) atoms. The summed E-state index contributed by atoms with van der Waals surface area (Å²) in [6.07, 6.45) is -1.70. The number of anilines is 4. The first-order valence-electron chi connectivity index (χ1n) is 8.85. The Labute approximate surface area is 166 Å². The number of nitrogens with zero attached hydrogens (tertiary/aromatic N) is 3. The lowest BCUT2D eigenvalue weighted by Gasteiger charge is -2.17. The smallest absolute Gasteiger partial charge is 0.369 e. The predicted molar refractivity (Wildman–Crippen MR) is 105 cm³/mol. The zero-order valence-corrected chi connectivity index (χ0v) is 16.4. The number of aromatic nitrogens is 2. The molecule has 0 bridgehead atoms. The van der Waals surface area contributed by atoms with E-state index in [1.807, 2.05) is 0 Å². The van der Waals surface area contributed by atoms with E-state index in [1.165, 1.54) is 4.31 Å². The van der Waals surface area contributed by atoms with Crippen LogP contribution in [0.5, 0.6) is 0 Å². The average molecular weight is 430 g/mol. The summed E-state index contributed by atoms with van der Waals surface area (Å²) in [7, 11) is -3.36. The van der Waals surface area contributed by atoms with Crippen LogP contribution in [0.4, 0.5) is 36.3 Å². The van der Waals surface area contributed by atoms with E-state index in [0.29, 0.717) is 37.3 Å². The molecule has 0 aliphatic carbocycles. The predicted octanol–water partition coefficient (Wildman–Crippen LogP) is 2.32. The number of sulfonamides is 1. The molecule has 4 N–H and O–H groups in total. The van der Waals surface area contributed by atoms with Crippen molar-refractivity contribution in [3.05, 3.63) is 35.5 Å². The van der Waals surface area contributed by atoms with Crippen molar-refractivity contribution in [1.82, 2.24) is 9.97 Å². The number of hydrogen-bond donors (Lipinski definition) is 3. The quantitative estimate of drug-likeness (QED) is 0.578. The Kier molecular flexibility index (Phi) is 5.85. The van der Waals surface area contributed by atoms with Crippen molar-refractivity contribution in [2.24, 2.45) is 5.73 Å². The third-order valence-corrected chi connectivity index (χ3v) is 5.54. The van der Waals surface area contributed by atoms with Gasteiger partial charge in [-0.05, 0) is 43.1 Å². The maximum atomic E-state index is 13.2. The second-order valence-corrected chi connectivity index (χ2v) is 8.48. The molecule has 0 unspecified atom stereocenters. The fourth-order valence-electron chi connectivity index (χ4n) is 3.02. The first-order valence-corrected chi connectivity index (χ1v) is 10.7. The van der Waals surface area contributed by atoms with Crippen LogP contribution in [-0.2, 0) is 22.6 Å². The number of fused-ring (bicyclic) bond motifs is 1. The Hall–Kier alpha value is -2.60. The van der Waals surface area contributed by atoms with Gasteiger partial charge >= 0.3 is 6.18 Å². The fourth-order valence-corrected chi connectivity index (χ4v) is 3.97. The van der Waals surface area contributed by atoms with E-state index >= 15 is 0 Å². The molecule has 0 amide bonds. The SMILES string of the molecule is CS(=O)(=O)N1CCc2cc(Nc3ncc(C(F)(F)F)c(NCCCN)n3)ccc21. The Morgan fingerprint density at radius 1 is 1.31 bits per heavy atom. The van der Waals surface area contributed by atoms with E-state index in [0.717, 1.165) is 18.0 Å². The molecule has 0 radical (unpaired) electrons. The van der Waals surface area contributed by atoms with Gasteiger partial charge in [-0.2, -0.15) is 18.2 Å². The molecule has 3 rings (SSSR count). The average Bonchev–Trinajstić information content (AvgIpc) is 3.05. The summed E-state index contributed by atoms with van der Waals surface area (Å²) in [6.45, 7) is 0.935. The molecular weight excluding hydrogens is 409 g/mol. The Morgan fingerprint density at radius 3 is 2.72 bits per heavy atom. The van der Waals surface area contributed by atoms with Gasteiger partial charge in [-0.1, -0.05) is 0 Å². The van der Waals surface area contributed by atoms with E-state index in [-0.39, 0.29) is 18.3 Å². The zero-order valence-electron chi connectivity index (χ0n) is 15.6. The van der Waals surface area contributed by atoms with E-state index < -0.39 is 21.8 Å². The van der Waals surface area contributed by atoms with Crippen molar-refractivity contribution in [3.8, 4) is 0 Å². The first-order chi connectivity index (χ1) is 13.6. The molecule has 0 atom stereocenters. The van der Waals surface area contributed by atoms with Crippen molar-refractivity contribution in [2.45, 2.75) is 19.0 Å². The van der Waals surface area contributed by atoms with Gasteiger partial charge in [-0.3, -0.25) is 4.31 Å². The van der Waals surface area contributed by atoms with Crippen LogP contribution in [0.1, 0.15) is 17.5 Å². The molecule has 0 fully saturated rings. The van der Waals surface area contributed by atoms with Crippen LogP contribution in [0, 0.1) is 0 Å². The molecule has 1 aliphatic rings. The van der Waals surface area contributed by atoms with E-state index in [1.54, 1.807) is 18.2 Å². The highest BCUT2D eigenvalue weighted by Gasteiger charge is 2.35. The van der Waals surface area contributed by atoms with E-state index in [2.05, 4.69) is 20.6 Å². The van der Waals surface area contributed by atoms with Crippen LogP contribution in [-0.4, -0.2) is 44.3 Å². The molecule has 2 heterocycles. The topological polar surface area (TPSA) is 113 Å². The summed E-state index contributed by atoms with van der Waals surface area (Å²) in [4.78, 5) is 7.72. The van der Waals surface area contributed by atoms with Crippen molar-refractivity contribution < 1.29 is 21.6 Å². The van der Waals surface area contributed by atoms with Gasteiger partial charge in [-0.15, -0.1) is 0 Å². The molecule has 1 aliphatic heterocycles. The highest BCUT2D eigenvalue weighted by molar-refractivity contribution is 7.92. The van der Waals surface area contributed by atoms with Crippen LogP contribution in [0.25, 0.3) is 0 Å². The standard InChI is InChI=1S/C17H21F3N6O2S/c1-29(27,28)26-8-5-11-9-12(3-4-14(11)26)24-16-23-10-13(17(18,19)20)15(25-16)22-7-2-6-21/h3-4,9-10H,2,5-8,21H2,1H3,(H2,22,23,24,25). The molecule has 2 aromatic rings. The van der Waals surface area contributed by atoms with Crippen LogP contribution in [0.2, 0.25) is 0 Å². The molecular formula is C17H21F3N6O2S. The van der Waals surface area contributed by atoms with Gasteiger partial charge in [0.15, 0.2) is 0 Å². The normalized spacial score (nSPS) is 14.0. The molecule has 8 nitrogen and oxygen atoms in total. The van der Waals surface area contributed by atoms with Crippen LogP contribution in [0.15, 0.2) is 24.4 Å². The minimum absolute atomic E-state index is 0.00818. The zero-order chi connectivity index (χ0) is 21.2. The molecule has 0 saturated heterocycles. The van der Waals surface area contributed by atoms with Gasteiger partial charge in [-0.25, -0.2) is 13.4 Å². The maximum Gasteiger partial charge on any atom is 0.421 e. The highest BCUT2D eigenvalue weighted by Crippen LogP contribution is 2.35. The second kappa shape index (κ2) is 8.03. The molecule has 1 aromatic carbocycles. The third-order valence-electron chi connectivity index (χ3n) is 4.36. The maximum absolute atomic E-state index is 13.2. The van der Waals surface area contributed by atoms with Gasteiger partial charge in [0.2, 0.25) is 16.0 Å². The second-order valence-electron chi connectivity index (χ2n) is 6.58. The van der Waals surface area contributed by atoms with Gasteiger partial charge in [0.1, 0.15) is 11.4 Å². The summed E-state index contributed by atoms with van der Waals surface area (Å²) in [5, 5.41) is 5.52. The molecule has 158 valence electrons. The third kappa shape index (κ3) is 4.88. The number of halogens is 3. The number of nitrogens with two attached hydrogens (primary N) is 1. The summed E-state index contributed by atoms with van der Waals surface area (Å²) in [5.74, 6) is -0.334. The largest absolute Gasteiger partial charge is 0.421 e. The van der Waals surface area contributed by atoms with Crippen molar-refractivity contribution in [1.29, 1.82) is 0 Å². The minimum Gasteiger partial charge on any atom is -0.369 e. The Morgan fingerprint density at radius 2 is 2.07 bits per heavy atom. The van der Waals surface area contributed by atoms with Gasteiger partial charge in [0.05, 0.1) is 11.9 Å². The molecule has 1 aromatic heterocycles. The number of rotatable bonds is 7. The van der Waals surface area contributed by atoms with Crippen LogP contribution < -0.4 is 20.7 Å². The number of nitrogens with one attached hydrogen (secondary N) is 2. The lowest BCUT2D eigenvalue weighted by atomic mass is 10.1. The fraction of sp³-hybridized carbons (Fsp3) is 0.412. The molecule has 0 saturated carbocycles. The summed E-state index contributed by atoms with van der Waals surface area (Å²) in [6, 6.07) is 5.02. The van der Waals surface area contributed by atoms with Crippen LogP contribution in [0.3, 0.4) is 0 Å². The lowest BCUT2D eigenvalue weighted by Crippen LogP contribution is -2.27. The Balaban J connectivity index is 1.84. The summed E-state index contributed by atoms with van der Waals surface area (Å²) >= 11 is 0. The molecule has 12 heteroatoms. The van der Waals surface area contributed by atoms with Gasteiger partial charge in [0, 0.05) is 25.0 Å². The first kappa shape index (κ1) is 21.1. The summed E-state index contributed by atoms with van der Waals surface area (Å²) < 4.78 is 64.5. The summed E-state index contributed by atoms with van der Waals surface area (Å²) in [5.41, 5.74) is 6.38. The van der Waals surface area contributed by atoms with E-state index in [9.17, 15) is 21.6 Å². The van der Waals surface area contributed by atoms with Gasteiger partial charge < -0.3 is 16.4 Å². The van der Waals surface area contributed by atoms with Gasteiger partial charge in [0.25, 0.3) is 0 Å². The van der Waals surface area contributed by atoms with Crippen molar-refractivity contribution in [2.75, 3.05) is 40.8 Å². The number of alkyl halides is 3. The van der Waals surface area contributed by atoms with Crippen LogP contribution >= 0.6 is 0 Å². The molecule has 0 spiro atoms. The van der Waals surface area contributed by atoms with E-state index in [4.69, 9.17) is 5.73 Å². The number of benzene rings is 1. The lowest BCUT2D eigenvalue weighted by molar-refractivity contribution is -0.137. The van der Waals surface area contributed by atoms with Crippen molar-refractivity contribution >= 4 is 33.2 Å². The highest BCUT2D eigenvalue weighted by atomic mass is 32.2.